The van der Waals surface area contributed by atoms with Crippen LogP contribution in [0.25, 0.3) is 11.0 Å². The molecule has 2 N–H and O–H groups in total. The lowest BCUT2D eigenvalue weighted by atomic mass is 10.0. The lowest BCUT2D eigenvalue weighted by molar-refractivity contribution is 0.249. The molecule has 0 atom stereocenters. The molecule has 0 aliphatic carbocycles. The first-order chi connectivity index (χ1) is 21.2. The van der Waals surface area contributed by atoms with Gasteiger partial charge in [0.15, 0.2) is 0 Å². The standard InChI is InChI=1S/C32H42BrN9OS/c1-8-21-17-26(28(43-7)18-27(21)42-15-11-22(12-16-42)40(4)5)38-32-36-19-23(33)31(39-32)37-25-10-9-24-29(35-14-13-34-24)30(25)41(6)44-20(2)3/h9-10,13-14,17-20,22H,8,11-12,15-16H2,1-7H3,(H2,36,37,38,39). The van der Waals surface area contributed by atoms with Crippen LogP contribution in [0.3, 0.4) is 0 Å². The van der Waals surface area contributed by atoms with Crippen molar-refractivity contribution in [3.63, 3.8) is 0 Å². The lowest BCUT2D eigenvalue weighted by Crippen LogP contribution is -2.42. The average molecular weight is 681 g/mol. The highest BCUT2D eigenvalue weighted by Crippen LogP contribution is 2.40. The summed E-state index contributed by atoms with van der Waals surface area (Å²) in [6.45, 7) is 8.59. The molecular weight excluding hydrogens is 638 g/mol. The van der Waals surface area contributed by atoms with Crippen molar-refractivity contribution in [3.8, 4) is 5.75 Å². The van der Waals surface area contributed by atoms with Crippen molar-refractivity contribution < 1.29 is 4.74 Å². The number of methoxy groups -OCH3 is 1. The molecule has 10 nitrogen and oxygen atoms in total. The maximum Gasteiger partial charge on any atom is 0.229 e. The Morgan fingerprint density at radius 2 is 1.80 bits per heavy atom. The minimum atomic E-state index is 0.389. The van der Waals surface area contributed by atoms with Crippen LogP contribution >= 0.6 is 27.9 Å². The Kier molecular flexibility index (Phi) is 10.3. The van der Waals surface area contributed by atoms with Crippen molar-refractivity contribution >= 4 is 73.4 Å². The van der Waals surface area contributed by atoms with Gasteiger partial charge in [-0.1, -0.05) is 20.8 Å². The number of piperidine rings is 1. The van der Waals surface area contributed by atoms with Gasteiger partial charge in [0.25, 0.3) is 0 Å². The van der Waals surface area contributed by atoms with Crippen LogP contribution < -0.4 is 24.6 Å². The fourth-order valence-electron chi connectivity index (χ4n) is 5.65. The number of benzene rings is 2. The minimum Gasteiger partial charge on any atom is -0.494 e. The van der Waals surface area contributed by atoms with Crippen LogP contribution in [-0.2, 0) is 6.42 Å². The summed E-state index contributed by atoms with van der Waals surface area (Å²) in [7, 11) is 8.10. The molecule has 44 heavy (non-hydrogen) atoms. The molecule has 5 rings (SSSR count). The zero-order chi connectivity index (χ0) is 31.4. The number of hydrogen-bond acceptors (Lipinski definition) is 11. The number of halogens is 1. The summed E-state index contributed by atoms with van der Waals surface area (Å²) in [4.78, 5) is 23.4. The van der Waals surface area contributed by atoms with Gasteiger partial charge >= 0.3 is 0 Å². The summed E-state index contributed by atoms with van der Waals surface area (Å²) in [6, 6.07) is 8.94. The van der Waals surface area contributed by atoms with Crippen molar-refractivity contribution in [1.29, 1.82) is 0 Å². The summed E-state index contributed by atoms with van der Waals surface area (Å²) in [5, 5.41) is 7.34. The van der Waals surface area contributed by atoms with Crippen LogP contribution in [0.4, 0.5) is 34.5 Å². The van der Waals surface area contributed by atoms with Gasteiger partial charge in [-0.05, 0) is 85.0 Å². The number of fused-ring (bicyclic) bond motifs is 1. The predicted octanol–water partition coefficient (Wildman–Crippen LogP) is 7.26. The summed E-state index contributed by atoms with van der Waals surface area (Å²) < 4.78 is 8.75. The second-order valence-corrected chi connectivity index (χ2v) is 13.9. The van der Waals surface area contributed by atoms with E-state index in [0.717, 1.165) is 70.7 Å². The molecular formula is C32H42BrN9OS. The first-order valence-corrected chi connectivity index (χ1v) is 16.6. The monoisotopic (exact) mass is 679 g/mol. The topological polar surface area (TPSA) is 94.6 Å². The zero-order valence-corrected chi connectivity index (χ0v) is 29.0. The Labute approximate surface area is 273 Å². The number of nitrogens with zero attached hydrogens (tertiary/aromatic N) is 7. The predicted molar refractivity (Wildman–Crippen MR) is 188 cm³/mol. The molecule has 1 saturated heterocycles. The molecule has 12 heteroatoms. The third kappa shape index (κ3) is 7.13. The fourth-order valence-corrected chi connectivity index (χ4v) is 6.87. The molecule has 1 aliphatic rings. The Balaban J connectivity index is 1.43. The third-order valence-corrected chi connectivity index (χ3v) is 9.36. The van der Waals surface area contributed by atoms with E-state index in [2.05, 4.69) is 103 Å². The maximum absolute atomic E-state index is 5.87. The SMILES string of the molecule is CCc1cc(Nc2ncc(Br)c(Nc3ccc4nccnc4c3N(C)SC(C)C)n2)c(OC)cc1N1CCC(N(C)C)CC1. The van der Waals surface area contributed by atoms with Crippen molar-refractivity contribution in [2.45, 2.75) is 51.3 Å². The molecule has 3 heterocycles. The van der Waals surface area contributed by atoms with Crippen LogP contribution in [0.2, 0.25) is 0 Å². The summed E-state index contributed by atoms with van der Waals surface area (Å²) in [5.41, 5.74) is 6.79. The van der Waals surface area contributed by atoms with Gasteiger partial charge in [-0.3, -0.25) is 9.97 Å². The quantitative estimate of drug-likeness (QED) is 0.157. The van der Waals surface area contributed by atoms with Crippen molar-refractivity contribution in [3.05, 3.63) is 52.9 Å². The van der Waals surface area contributed by atoms with Gasteiger partial charge in [-0.25, -0.2) is 4.98 Å². The van der Waals surface area contributed by atoms with E-state index < -0.39 is 0 Å². The maximum atomic E-state index is 5.87. The van der Waals surface area contributed by atoms with Crippen LogP contribution in [0.5, 0.6) is 5.75 Å². The van der Waals surface area contributed by atoms with Gasteiger partial charge < -0.3 is 29.5 Å². The molecule has 0 radical (unpaired) electrons. The van der Waals surface area contributed by atoms with Gasteiger partial charge in [0.1, 0.15) is 17.1 Å². The van der Waals surface area contributed by atoms with Crippen molar-refractivity contribution in [1.82, 2.24) is 24.8 Å². The molecule has 1 aliphatic heterocycles. The highest BCUT2D eigenvalue weighted by molar-refractivity contribution is 9.10. The molecule has 0 spiro atoms. The molecule has 4 aromatic rings. The van der Waals surface area contributed by atoms with E-state index in [-0.39, 0.29) is 0 Å². The molecule has 2 aromatic carbocycles. The van der Waals surface area contributed by atoms with Crippen LogP contribution in [0, 0.1) is 0 Å². The van der Waals surface area contributed by atoms with Crippen LogP contribution in [0.15, 0.2) is 47.3 Å². The van der Waals surface area contributed by atoms with E-state index in [4.69, 9.17) is 9.72 Å². The van der Waals surface area contributed by atoms with Gasteiger partial charge in [0.2, 0.25) is 5.95 Å². The summed E-state index contributed by atoms with van der Waals surface area (Å²) in [5.74, 6) is 1.85. The molecule has 0 saturated carbocycles. The number of nitrogens with one attached hydrogen (secondary N) is 2. The number of anilines is 6. The van der Waals surface area contributed by atoms with E-state index in [1.807, 2.05) is 19.2 Å². The van der Waals surface area contributed by atoms with Crippen molar-refractivity contribution in [2.75, 3.05) is 61.2 Å². The van der Waals surface area contributed by atoms with E-state index in [0.29, 0.717) is 23.1 Å². The van der Waals surface area contributed by atoms with Crippen LogP contribution in [-0.4, -0.2) is 77.5 Å². The Bertz CT molecular complexity index is 1590. The molecule has 0 bridgehead atoms. The van der Waals surface area contributed by atoms with E-state index in [1.54, 1.807) is 37.6 Å². The summed E-state index contributed by atoms with van der Waals surface area (Å²) in [6.07, 6.45) is 8.40. The Morgan fingerprint density at radius 3 is 2.48 bits per heavy atom. The van der Waals surface area contributed by atoms with Gasteiger partial charge in [0.05, 0.1) is 34.2 Å². The molecule has 0 unspecified atom stereocenters. The average Bonchev–Trinajstić information content (AvgIpc) is 3.01. The molecule has 1 fully saturated rings. The molecule has 234 valence electrons. The largest absolute Gasteiger partial charge is 0.494 e. The number of rotatable bonds is 11. The fraction of sp³-hybridized carbons (Fsp3) is 0.438. The smallest absolute Gasteiger partial charge is 0.229 e. The Morgan fingerprint density at radius 1 is 1.05 bits per heavy atom. The first-order valence-electron chi connectivity index (χ1n) is 15.0. The number of aromatic nitrogens is 4. The first kappa shape index (κ1) is 32.1. The molecule has 0 amide bonds. The normalized spacial score (nSPS) is 14.0. The number of hydrogen-bond donors (Lipinski definition) is 2. The highest BCUT2D eigenvalue weighted by Gasteiger charge is 2.24. The second kappa shape index (κ2) is 14.2. The third-order valence-electron chi connectivity index (χ3n) is 7.86. The zero-order valence-electron chi connectivity index (χ0n) is 26.6. The van der Waals surface area contributed by atoms with E-state index >= 15 is 0 Å². The van der Waals surface area contributed by atoms with Gasteiger partial charge in [0, 0.05) is 61.8 Å². The number of aryl methyl sites for hydroxylation is 1. The molecule has 2 aromatic heterocycles. The van der Waals surface area contributed by atoms with Gasteiger partial charge in [-0.2, -0.15) is 4.98 Å². The Hall–Kier alpha value is -3.35. The van der Waals surface area contributed by atoms with Gasteiger partial charge in [-0.15, -0.1) is 0 Å². The summed E-state index contributed by atoms with van der Waals surface area (Å²) >= 11 is 5.37. The highest BCUT2D eigenvalue weighted by atomic mass is 79.9. The minimum absolute atomic E-state index is 0.389. The van der Waals surface area contributed by atoms with E-state index in [1.165, 1.54) is 11.3 Å². The van der Waals surface area contributed by atoms with Crippen LogP contribution in [0.1, 0.15) is 39.2 Å². The van der Waals surface area contributed by atoms with E-state index in [9.17, 15) is 0 Å². The second-order valence-electron chi connectivity index (χ2n) is 11.4. The number of ether oxygens (including phenoxy) is 1. The lowest BCUT2D eigenvalue weighted by Gasteiger charge is -2.37. The van der Waals surface area contributed by atoms with Crippen molar-refractivity contribution in [2.24, 2.45) is 0 Å².